The smallest absolute Gasteiger partial charge is 0.276 e. The van der Waals surface area contributed by atoms with Crippen molar-refractivity contribution in [3.8, 4) is 0 Å². The van der Waals surface area contributed by atoms with Crippen LogP contribution in [0.1, 0.15) is 24.8 Å². The van der Waals surface area contributed by atoms with E-state index in [4.69, 9.17) is 4.74 Å². The second kappa shape index (κ2) is 5.86. The Morgan fingerprint density at radius 3 is 2.50 bits per heavy atom. The predicted octanol–water partition coefficient (Wildman–Crippen LogP) is 3.38. The van der Waals surface area contributed by atoms with E-state index in [0.717, 1.165) is 0 Å². The Bertz CT molecular complexity index is 368. The van der Waals surface area contributed by atoms with Crippen LogP contribution in [0.2, 0.25) is 0 Å². The van der Waals surface area contributed by atoms with Crippen molar-refractivity contribution in [2.24, 2.45) is 0 Å². The zero-order chi connectivity index (χ0) is 12.1. The van der Waals surface area contributed by atoms with Crippen molar-refractivity contribution in [3.05, 3.63) is 39.9 Å². The Hall–Kier alpha value is -1.07. The zero-order valence-electron chi connectivity index (χ0n) is 9.54. The number of nitro groups is 1. The number of ether oxygens (including phenoxy) is 1. The van der Waals surface area contributed by atoms with Crippen molar-refractivity contribution in [2.75, 3.05) is 6.26 Å². The van der Waals surface area contributed by atoms with E-state index in [1.807, 2.05) is 20.1 Å². The van der Waals surface area contributed by atoms with Crippen molar-refractivity contribution < 1.29 is 9.66 Å². The molecule has 4 nitrogen and oxygen atoms in total. The lowest BCUT2D eigenvalue weighted by Crippen LogP contribution is -2.09. The van der Waals surface area contributed by atoms with Crippen LogP contribution >= 0.6 is 11.8 Å². The van der Waals surface area contributed by atoms with Crippen molar-refractivity contribution in [2.45, 2.75) is 25.4 Å². The van der Waals surface area contributed by atoms with Crippen molar-refractivity contribution in [1.82, 2.24) is 0 Å². The highest BCUT2D eigenvalue weighted by molar-refractivity contribution is 7.98. The van der Waals surface area contributed by atoms with E-state index in [0.29, 0.717) is 5.56 Å². The fourth-order valence-electron chi connectivity index (χ4n) is 1.36. The van der Waals surface area contributed by atoms with Gasteiger partial charge in [-0.2, -0.15) is 0 Å². The molecule has 0 bridgehead atoms. The van der Waals surface area contributed by atoms with Gasteiger partial charge in [0, 0.05) is 6.07 Å². The first kappa shape index (κ1) is 13.0. The van der Waals surface area contributed by atoms with Crippen LogP contribution in [-0.2, 0) is 4.74 Å². The average Bonchev–Trinajstić information content (AvgIpc) is 2.25. The van der Waals surface area contributed by atoms with Gasteiger partial charge < -0.3 is 4.74 Å². The summed E-state index contributed by atoms with van der Waals surface area (Å²) in [6.45, 7) is 3.83. The molecule has 0 aliphatic rings. The highest BCUT2D eigenvalue weighted by atomic mass is 32.2. The van der Waals surface area contributed by atoms with Gasteiger partial charge in [-0.1, -0.05) is 12.1 Å². The fourth-order valence-corrected chi connectivity index (χ4v) is 2.14. The van der Waals surface area contributed by atoms with E-state index in [1.165, 1.54) is 17.8 Å². The Morgan fingerprint density at radius 2 is 2.00 bits per heavy atom. The monoisotopic (exact) mass is 241 g/mol. The third-order valence-corrected chi connectivity index (χ3v) is 2.79. The summed E-state index contributed by atoms with van der Waals surface area (Å²) in [7, 11) is 0. The normalized spacial score (nSPS) is 12.8. The summed E-state index contributed by atoms with van der Waals surface area (Å²) in [4.78, 5) is 10.5. The maximum Gasteiger partial charge on any atom is 0.276 e. The Balaban J connectivity index is 3.04. The number of hydrogen-bond donors (Lipinski definition) is 0. The fraction of sp³-hybridized carbons (Fsp3) is 0.455. The summed E-state index contributed by atoms with van der Waals surface area (Å²) in [6.07, 6.45) is 1.92. The zero-order valence-corrected chi connectivity index (χ0v) is 10.4. The van der Waals surface area contributed by atoms with E-state index in [9.17, 15) is 10.1 Å². The molecule has 0 aliphatic carbocycles. The van der Waals surface area contributed by atoms with Crippen LogP contribution in [0.4, 0.5) is 5.69 Å². The summed E-state index contributed by atoms with van der Waals surface area (Å²) in [6, 6.07) is 6.69. The van der Waals surface area contributed by atoms with Crippen LogP contribution in [0.25, 0.3) is 0 Å². The summed E-state index contributed by atoms with van der Waals surface area (Å²) >= 11 is 1.46. The lowest BCUT2D eigenvalue weighted by Gasteiger charge is -2.18. The van der Waals surface area contributed by atoms with E-state index in [1.54, 1.807) is 18.2 Å². The molecule has 0 spiro atoms. The number of nitro benzene ring substituents is 1. The number of hydrogen-bond acceptors (Lipinski definition) is 4. The van der Waals surface area contributed by atoms with Gasteiger partial charge in [0.25, 0.3) is 5.69 Å². The molecule has 0 saturated carbocycles. The largest absolute Gasteiger partial charge is 0.360 e. The first-order chi connectivity index (χ1) is 7.56. The lowest BCUT2D eigenvalue weighted by molar-refractivity contribution is -0.386. The van der Waals surface area contributed by atoms with Gasteiger partial charge in [0.2, 0.25) is 0 Å². The standard InChI is InChI=1S/C11H15NO3S/c1-8(2)15-11(16-3)9-6-4-5-7-10(9)12(13)14/h4-8,11H,1-3H3. The molecule has 1 atom stereocenters. The van der Waals surface area contributed by atoms with Crippen molar-refractivity contribution in [1.29, 1.82) is 0 Å². The molecular weight excluding hydrogens is 226 g/mol. The van der Waals surface area contributed by atoms with Gasteiger partial charge in [-0.25, -0.2) is 0 Å². The molecule has 1 aromatic carbocycles. The van der Waals surface area contributed by atoms with Gasteiger partial charge in [0.15, 0.2) is 0 Å². The van der Waals surface area contributed by atoms with Gasteiger partial charge in [0.05, 0.1) is 16.6 Å². The highest BCUT2D eigenvalue weighted by Crippen LogP contribution is 2.34. The Labute approximate surface area is 99.1 Å². The molecular formula is C11H15NO3S. The summed E-state index contributed by atoms with van der Waals surface area (Å²) in [5.41, 5.74) is 0.442. The molecule has 0 N–H and O–H groups in total. The SMILES string of the molecule is CSC(OC(C)C)c1ccccc1[N+](=O)[O-]. The summed E-state index contributed by atoms with van der Waals surface area (Å²) < 4.78 is 5.63. The first-order valence-electron chi connectivity index (χ1n) is 4.97. The van der Waals surface area contributed by atoms with Crippen LogP contribution in [0.15, 0.2) is 24.3 Å². The van der Waals surface area contributed by atoms with Crippen molar-refractivity contribution >= 4 is 17.4 Å². The molecule has 0 saturated heterocycles. The molecule has 0 amide bonds. The Morgan fingerprint density at radius 1 is 1.38 bits per heavy atom. The van der Waals surface area contributed by atoms with Crippen LogP contribution < -0.4 is 0 Å². The molecule has 16 heavy (non-hydrogen) atoms. The van der Waals surface area contributed by atoms with Crippen molar-refractivity contribution in [3.63, 3.8) is 0 Å². The molecule has 1 rings (SSSR count). The van der Waals surface area contributed by atoms with Gasteiger partial charge in [-0.05, 0) is 26.2 Å². The molecule has 1 aromatic rings. The molecule has 0 aromatic heterocycles. The van der Waals surface area contributed by atoms with Gasteiger partial charge in [0.1, 0.15) is 5.44 Å². The molecule has 0 aliphatic heterocycles. The molecule has 88 valence electrons. The van der Waals surface area contributed by atoms with Crippen LogP contribution in [0.5, 0.6) is 0 Å². The minimum atomic E-state index is -0.373. The molecule has 0 fully saturated rings. The number of para-hydroxylation sites is 1. The lowest BCUT2D eigenvalue weighted by atomic mass is 10.2. The Kier molecular flexibility index (Phi) is 4.76. The summed E-state index contributed by atoms with van der Waals surface area (Å²) in [5.74, 6) is 0. The number of rotatable bonds is 5. The van der Waals surface area contributed by atoms with E-state index in [-0.39, 0.29) is 22.2 Å². The molecule has 1 unspecified atom stereocenters. The van der Waals surface area contributed by atoms with Crippen LogP contribution in [0, 0.1) is 10.1 Å². The second-order valence-electron chi connectivity index (χ2n) is 3.57. The highest BCUT2D eigenvalue weighted by Gasteiger charge is 2.22. The third kappa shape index (κ3) is 3.21. The van der Waals surface area contributed by atoms with Gasteiger partial charge in [-0.3, -0.25) is 10.1 Å². The second-order valence-corrected chi connectivity index (χ2v) is 4.47. The summed E-state index contributed by atoms with van der Waals surface area (Å²) in [5, 5.41) is 10.9. The van der Waals surface area contributed by atoms with E-state index in [2.05, 4.69) is 0 Å². The maximum atomic E-state index is 10.9. The van der Waals surface area contributed by atoms with Gasteiger partial charge in [-0.15, -0.1) is 11.8 Å². The number of thioether (sulfide) groups is 1. The quantitative estimate of drug-likeness (QED) is 0.450. The van der Waals surface area contributed by atoms with Gasteiger partial charge >= 0.3 is 0 Å². The number of benzene rings is 1. The van der Waals surface area contributed by atoms with E-state index >= 15 is 0 Å². The molecule has 5 heteroatoms. The van der Waals surface area contributed by atoms with Crippen LogP contribution in [-0.4, -0.2) is 17.3 Å². The van der Waals surface area contributed by atoms with Crippen LogP contribution in [0.3, 0.4) is 0 Å². The number of nitrogens with zero attached hydrogens (tertiary/aromatic N) is 1. The topological polar surface area (TPSA) is 52.4 Å². The minimum absolute atomic E-state index is 0.0391. The van der Waals surface area contributed by atoms with E-state index < -0.39 is 0 Å². The predicted molar refractivity (Wildman–Crippen MR) is 65.6 cm³/mol. The average molecular weight is 241 g/mol. The maximum absolute atomic E-state index is 10.9. The third-order valence-electron chi connectivity index (χ3n) is 2.00. The molecule has 0 radical (unpaired) electrons. The first-order valence-corrected chi connectivity index (χ1v) is 6.26. The minimum Gasteiger partial charge on any atom is -0.360 e. The molecule has 0 heterocycles.